The van der Waals surface area contributed by atoms with E-state index in [1.165, 1.54) is 6.07 Å². The minimum atomic E-state index is -0.280. The van der Waals surface area contributed by atoms with E-state index in [1.807, 2.05) is 18.2 Å². The van der Waals surface area contributed by atoms with Gasteiger partial charge in [0, 0.05) is 31.9 Å². The predicted octanol–water partition coefficient (Wildman–Crippen LogP) is 4.64. The number of piperidine rings is 1. The van der Waals surface area contributed by atoms with E-state index in [9.17, 15) is 9.18 Å². The van der Waals surface area contributed by atoms with E-state index in [-0.39, 0.29) is 18.0 Å². The number of ether oxygens (including phenoxy) is 1. The van der Waals surface area contributed by atoms with E-state index in [4.69, 9.17) is 4.74 Å². The third kappa shape index (κ3) is 5.07. The van der Waals surface area contributed by atoms with E-state index in [0.29, 0.717) is 31.1 Å². The Labute approximate surface area is 171 Å². The summed E-state index contributed by atoms with van der Waals surface area (Å²) in [6.07, 6.45) is 3.98. The summed E-state index contributed by atoms with van der Waals surface area (Å²) >= 11 is 0. The van der Waals surface area contributed by atoms with Crippen LogP contribution in [0, 0.1) is 5.82 Å². The van der Waals surface area contributed by atoms with Crippen LogP contribution in [0.25, 0.3) is 0 Å². The highest BCUT2D eigenvalue weighted by Crippen LogP contribution is 2.26. The van der Waals surface area contributed by atoms with Gasteiger partial charge in [0.1, 0.15) is 5.82 Å². The average Bonchev–Trinajstić information content (AvgIpc) is 3.28. The summed E-state index contributed by atoms with van der Waals surface area (Å²) in [5, 5.41) is 2.83. The Morgan fingerprint density at radius 1 is 1.03 bits per heavy atom. The summed E-state index contributed by atoms with van der Waals surface area (Å²) in [5.74, 6) is -0.280. The van der Waals surface area contributed by atoms with Crippen LogP contribution in [-0.2, 0) is 11.3 Å². The average molecular weight is 397 g/mol. The summed E-state index contributed by atoms with van der Waals surface area (Å²) in [6.45, 7) is 3.66. The van der Waals surface area contributed by atoms with Crippen molar-refractivity contribution in [3.8, 4) is 0 Å². The molecule has 2 saturated heterocycles. The van der Waals surface area contributed by atoms with Crippen LogP contribution in [0.15, 0.2) is 48.5 Å². The molecule has 0 atom stereocenters. The van der Waals surface area contributed by atoms with Crippen molar-refractivity contribution in [2.75, 3.05) is 36.4 Å². The first-order valence-corrected chi connectivity index (χ1v) is 10.4. The second-order valence-corrected chi connectivity index (χ2v) is 7.77. The zero-order valence-electron chi connectivity index (χ0n) is 16.6. The Morgan fingerprint density at radius 2 is 1.76 bits per heavy atom. The molecule has 0 saturated carbocycles. The maximum absolute atomic E-state index is 14.4. The largest absolute Gasteiger partial charge is 0.373 e. The van der Waals surface area contributed by atoms with Crippen LogP contribution in [0.4, 0.5) is 20.6 Å². The fourth-order valence-corrected chi connectivity index (χ4v) is 4.02. The number of carbonyl (C=O) groups excluding carboxylic acids is 1. The van der Waals surface area contributed by atoms with Gasteiger partial charge in [0.05, 0.1) is 18.4 Å². The number of urea groups is 1. The molecule has 2 amide bonds. The van der Waals surface area contributed by atoms with Crippen LogP contribution in [-0.4, -0.2) is 43.2 Å². The van der Waals surface area contributed by atoms with Gasteiger partial charge in [0.15, 0.2) is 0 Å². The molecule has 2 aromatic rings. The van der Waals surface area contributed by atoms with E-state index < -0.39 is 0 Å². The molecular formula is C23H28FN3O2. The molecule has 0 radical (unpaired) electrons. The lowest BCUT2D eigenvalue weighted by molar-refractivity contribution is 0.00540. The Bertz CT molecular complexity index is 816. The maximum atomic E-state index is 14.4. The molecule has 5 nitrogen and oxygen atoms in total. The van der Waals surface area contributed by atoms with Crippen molar-refractivity contribution in [3.63, 3.8) is 0 Å². The van der Waals surface area contributed by atoms with Crippen molar-refractivity contribution < 1.29 is 13.9 Å². The smallest absolute Gasteiger partial charge is 0.321 e. The second kappa shape index (κ2) is 9.27. The van der Waals surface area contributed by atoms with Crippen LogP contribution in [0.1, 0.15) is 31.2 Å². The lowest BCUT2D eigenvalue weighted by Crippen LogP contribution is -2.43. The van der Waals surface area contributed by atoms with Crippen LogP contribution in [0.3, 0.4) is 0 Å². The molecule has 2 fully saturated rings. The minimum absolute atomic E-state index is 0.163. The number of halogens is 1. The lowest BCUT2D eigenvalue weighted by Gasteiger charge is -2.32. The molecule has 0 unspecified atom stereocenters. The maximum Gasteiger partial charge on any atom is 0.321 e. The number of hydrogen-bond acceptors (Lipinski definition) is 3. The van der Waals surface area contributed by atoms with Gasteiger partial charge in [-0.1, -0.05) is 30.3 Å². The van der Waals surface area contributed by atoms with Gasteiger partial charge in [-0.25, -0.2) is 9.18 Å². The normalized spacial score (nSPS) is 17.6. The number of nitrogens with zero attached hydrogens (tertiary/aromatic N) is 2. The highest BCUT2D eigenvalue weighted by Gasteiger charge is 2.24. The van der Waals surface area contributed by atoms with Crippen molar-refractivity contribution in [3.05, 3.63) is 59.9 Å². The minimum Gasteiger partial charge on any atom is -0.373 e. The molecule has 6 heteroatoms. The number of nitrogens with one attached hydrogen (secondary N) is 1. The number of amides is 2. The van der Waals surface area contributed by atoms with Crippen molar-refractivity contribution in [1.82, 2.24) is 4.90 Å². The Kier molecular flexibility index (Phi) is 6.30. The molecule has 0 bridgehead atoms. The van der Waals surface area contributed by atoms with Gasteiger partial charge >= 0.3 is 6.03 Å². The molecule has 154 valence electrons. The lowest BCUT2D eigenvalue weighted by atomic mass is 10.1. The molecule has 2 aliphatic rings. The van der Waals surface area contributed by atoms with Gasteiger partial charge < -0.3 is 19.9 Å². The summed E-state index contributed by atoms with van der Waals surface area (Å²) in [7, 11) is 0. The molecule has 2 aliphatic heterocycles. The molecule has 2 heterocycles. The van der Waals surface area contributed by atoms with E-state index in [2.05, 4.69) is 22.3 Å². The van der Waals surface area contributed by atoms with Crippen LogP contribution < -0.4 is 10.2 Å². The standard InChI is InChI=1S/C23H28FN3O2/c24-21-16-19(8-9-22(21)26-12-4-5-13-26)25-23(28)27-14-10-20(11-15-27)29-17-18-6-2-1-3-7-18/h1-3,6-9,16,20H,4-5,10-15,17H2,(H,25,28). The van der Waals surface area contributed by atoms with Gasteiger partial charge in [0.2, 0.25) is 0 Å². The topological polar surface area (TPSA) is 44.8 Å². The van der Waals surface area contributed by atoms with Crippen LogP contribution >= 0.6 is 0 Å². The monoisotopic (exact) mass is 397 g/mol. The SMILES string of the molecule is O=C(Nc1ccc(N2CCCC2)c(F)c1)N1CCC(OCc2ccccc2)CC1. The molecule has 0 aliphatic carbocycles. The summed E-state index contributed by atoms with van der Waals surface area (Å²) in [4.78, 5) is 16.4. The summed E-state index contributed by atoms with van der Waals surface area (Å²) in [6, 6.07) is 14.9. The molecule has 1 N–H and O–H groups in total. The van der Waals surface area contributed by atoms with E-state index in [0.717, 1.165) is 44.3 Å². The van der Waals surface area contributed by atoms with E-state index >= 15 is 0 Å². The molecular weight excluding hydrogens is 369 g/mol. The zero-order valence-corrected chi connectivity index (χ0v) is 16.6. The third-order valence-electron chi connectivity index (χ3n) is 5.70. The number of anilines is 2. The fourth-order valence-electron chi connectivity index (χ4n) is 4.02. The number of likely N-dealkylation sites (tertiary alicyclic amines) is 1. The number of benzene rings is 2. The highest BCUT2D eigenvalue weighted by molar-refractivity contribution is 5.89. The van der Waals surface area contributed by atoms with Crippen molar-refractivity contribution in [2.45, 2.75) is 38.4 Å². The van der Waals surface area contributed by atoms with Gasteiger partial charge in [-0.3, -0.25) is 0 Å². The first kappa shape index (κ1) is 19.7. The van der Waals surface area contributed by atoms with Crippen molar-refractivity contribution >= 4 is 17.4 Å². The molecule has 0 spiro atoms. The molecule has 4 rings (SSSR count). The second-order valence-electron chi connectivity index (χ2n) is 7.77. The van der Waals surface area contributed by atoms with Crippen molar-refractivity contribution in [2.24, 2.45) is 0 Å². The molecule has 0 aromatic heterocycles. The quantitative estimate of drug-likeness (QED) is 0.799. The molecule has 2 aromatic carbocycles. The predicted molar refractivity (Wildman–Crippen MR) is 113 cm³/mol. The summed E-state index contributed by atoms with van der Waals surface area (Å²) < 4.78 is 20.4. The molecule has 29 heavy (non-hydrogen) atoms. The number of hydrogen-bond donors (Lipinski definition) is 1. The first-order chi connectivity index (χ1) is 14.2. The number of rotatable bonds is 5. The fraction of sp³-hybridized carbons (Fsp3) is 0.435. The Hall–Kier alpha value is -2.60. The van der Waals surface area contributed by atoms with E-state index in [1.54, 1.807) is 17.0 Å². The highest BCUT2D eigenvalue weighted by atomic mass is 19.1. The van der Waals surface area contributed by atoms with Gasteiger partial charge in [-0.2, -0.15) is 0 Å². The third-order valence-corrected chi connectivity index (χ3v) is 5.70. The first-order valence-electron chi connectivity index (χ1n) is 10.4. The Morgan fingerprint density at radius 3 is 2.45 bits per heavy atom. The van der Waals surface area contributed by atoms with Gasteiger partial charge in [-0.15, -0.1) is 0 Å². The van der Waals surface area contributed by atoms with Crippen molar-refractivity contribution in [1.29, 1.82) is 0 Å². The van der Waals surface area contributed by atoms with Crippen LogP contribution in [0.5, 0.6) is 0 Å². The summed E-state index contributed by atoms with van der Waals surface area (Å²) in [5.41, 5.74) is 2.28. The number of carbonyl (C=O) groups is 1. The van der Waals surface area contributed by atoms with Crippen LogP contribution in [0.2, 0.25) is 0 Å². The zero-order chi connectivity index (χ0) is 20.1. The Balaban J connectivity index is 1.25. The van der Waals surface area contributed by atoms with Gasteiger partial charge in [-0.05, 0) is 49.4 Å². The van der Waals surface area contributed by atoms with Gasteiger partial charge in [0.25, 0.3) is 0 Å².